The van der Waals surface area contributed by atoms with Crippen LogP contribution in [0, 0.1) is 0 Å². The molecule has 0 aliphatic heterocycles. The van der Waals surface area contributed by atoms with Crippen LogP contribution in [0.4, 0.5) is 13.2 Å². The van der Waals surface area contributed by atoms with Crippen LogP contribution in [0.15, 0.2) is 24.3 Å². The Hall–Kier alpha value is -2.11. The molecule has 1 aliphatic carbocycles. The SMILES string of the molecule is CCOC(=O)/C=C/c1ccc([C@@H]2CCC(=O)C2)cc1C(F)(F)F. The van der Waals surface area contributed by atoms with Gasteiger partial charge >= 0.3 is 12.1 Å². The molecule has 2 rings (SSSR count). The van der Waals surface area contributed by atoms with E-state index in [2.05, 4.69) is 4.74 Å². The first-order chi connectivity index (χ1) is 10.8. The van der Waals surface area contributed by atoms with Crippen LogP contribution in [0.2, 0.25) is 0 Å². The van der Waals surface area contributed by atoms with Gasteiger partial charge in [-0.1, -0.05) is 12.1 Å². The van der Waals surface area contributed by atoms with Crippen molar-refractivity contribution in [1.29, 1.82) is 0 Å². The number of alkyl halides is 3. The number of carbonyl (C=O) groups is 2. The monoisotopic (exact) mass is 326 g/mol. The molecule has 0 aromatic heterocycles. The lowest BCUT2D eigenvalue weighted by Crippen LogP contribution is -2.09. The molecule has 0 N–H and O–H groups in total. The number of Topliss-reactive ketones (excluding diaryl/α,β-unsaturated/α-hetero) is 1. The van der Waals surface area contributed by atoms with Crippen molar-refractivity contribution in [3.63, 3.8) is 0 Å². The number of benzene rings is 1. The normalized spacial score (nSPS) is 18.6. The van der Waals surface area contributed by atoms with Crippen LogP contribution >= 0.6 is 0 Å². The first kappa shape index (κ1) is 17.2. The molecule has 0 unspecified atom stereocenters. The first-order valence-corrected chi connectivity index (χ1v) is 7.39. The van der Waals surface area contributed by atoms with Crippen molar-refractivity contribution in [3.05, 3.63) is 41.0 Å². The Balaban J connectivity index is 2.32. The summed E-state index contributed by atoms with van der Waals surface area (Å²) in [4.78, 5) is 22.6. The smallest absolute Gasteiger partial charge is 0.416 e. The van der Waals surface area contributed by atoms with E-state index >= 15 is 0 Å². The highest BCUT2D eigenvalue weighted by molar-refractivity contribution is 5.87. The van der Waals surface area contributed by atoms with Gasteiger partial charge in [-0.05, 0) is 42.5 Å². The molecule has 0 saturated heterocycles. The fourth-order valence-electron chi connectivity index (χ4n) is 2.67. The van der Waals surface area contributed by atoms with Gasteiger partial charge in [0, 0.05) is 18.9 Å². The number of hydrogen-bond donors (Lipinski definition) is 0. The second-order valence-electron chi connectivity index (χ2n) is 5.41. The van der Waals surface area contributed by atoms with Crippen LogP contribution in [-0.4, -0.2) is 18.4 Å². The van der Waals surface area contributed by atoms with E-state index in [0.29, 0.717) is 18.4 Å². The highest BCUT2D eigenvalue weighted by Crippen LogP contribution is 2.38. The Morgan fingerprint density at radius 2 is 2.13 bits per heavy atom. The van der Waals surface area contributed by atoms with Crippen LogP contribution in [0.3, 0.4) is 0 Å². The molecule has 1 aliphatic rings. The number of ketones is 1. The van der Waals surface area contributed by atoms with Gasteiger partial charge < -0.3 is 4.74 Å². The molecule has 0 heterocycles. The van der Waals surface area contributed by atoms with Crippen LogP contribution < -0.4 is 0 Å². The van der Waals surface area contributed by atoms with Crippen LogP contribution in [0.1, 0.15) is 48.8 Å². The van der Waals surface area contributed by atoms with E-state index in [-0.39, 0.29) is 30.3 Å². The largest absolute Gasteiger partial charge is 0.463 e. The molecule has 3 nitrogen and oxygen atoms in total. The van der Waals surface area contributed by atoms with Crippen molar-refractivity contribution in [2.75, 3.05) is 6.61 Å². The average Bonchev–Trinajstić information content (AvgIpc) is 2.91. The lowest BCUT2D eigenvalue weighted by atomic mass is 9.93. The van der Waals surface area contributed by atoms with Gasteiger partial charge in [-0.3, -0.25) is 4.79 Å². The van der Waals surface area contributed by atoms with Crippen LogP contribution in [0.25, 0.3) is 6.08 Å². The van der Waals surface area contributed by atoms with Crippen molar-refractivity contribution < 1.29 is 27.5 Å². The summed E-state index contributed by atoms with van der Waals surface area (Å²) < 4.78 is 44.4. The fraction of sp³-hybridized carbons (Fsp3) is 0.412. The molecule has 124 valence electrons. The van der Waals surface area contributed by atoms with Gasteiger partial charge in [0.2, 0.25) is 0 Å². The lowest BCUT2D eigenvalue weighted by Gasteiger charge is -2.15. The van der Waals surface area contributed by atoms with Gasteiger partial charge in [0.25, 0.3) is 0 Å². The molecule has 0 bridgehead atoms. The van der Waals surface area contributed by atoms with E-state index in [1.165, 1.54) is 6.07 Å². The Labute approximate surface area is 132 Å². The van der Waals surface area contributed by atoms with Gasteiger partial charge in [0.1, 0.15) is 5.78 Å². The standard InChI is InChI=1S/C17H17F3O3/c1-2-23-16(22)8-6-11-3-4-13(10-15(11)17(18,19)20)12-5-7-14(21)9-12/h3-4,6,8,10,12H,2,5,7,9H2,1H3/b8-6+/t12-/m1/s1. The lowest BCUT2D eigenvalue weighted by molar-refractivity contribution is -0.138. The van der Waals surface area contributed by atoms with Gasteiger partial charge in [0.05, 0.1) is 12.2 Å². The number of carbonyl (C=O) groups excluding carboxylic acids is 2. The quantitative estimate of drug-likeness (QED) is 0.617. The molecule has 0 amide bonds. The van der Waals surface area contributed by atoms with E-state index in [9.17, 15) is 22.8 Å². The Bertz CT molecular complexity index is 632. The molecule has 1 atom stereocenters. The molecule has 1 aromatic carbocycles. The zero-order valence-corrected chi connectivity index (χ0v) is 12.7. The van der Waals surface area contributed by atoms with Crippen molar-refractivity contribution in [2.45, 2.75) is 38.3 Å². The summed E-state index contributed by atoms with van der Waals surface area (Å²) in [6, 6.07) is 3.99. The fourth-order valence-corrected chi connectivity index (χ4v) is 2.67. The van der Waals surface area contributed by atoms with E-state index in [1.54, 1.807) is 13.0 Å². The summed E-state index contributed by atoms with van der Waals surface area (Å²) in [6.45, 7) is 1.77. The van der Waals surface area contributed by atoms with Crippen molar-refractivity contribution >= 4 is 17.8 Å². The third-order valence-electron chi connectivity index (χ3n) is 3.79. The predicted molar refractivity (Wildman–Crippen MR) is 78.7 cm³/mol. The zero-order chi connectivity index (χ0) is 17.0. The van der Waals surface area contributed by atoms with Crippen molar-refractivity contribution in [1.82, 2.24) is 0 Å². The second kappa shape index (κ2) is 6.98. The molecular formula is C17H17F3O3. The zero-order valence-electron chi connectivity index (χ0n) is 12.7. The van der Waals surface area contributed by atoms with Crippen molar-refractivity contribution in [3.8, 4) is 0 Å². The number of esters is 1. The van der Waals surface area contributed by atoms with Crippen LogP contribution in [-0.2, 0) is 20.5 Å². The summed E-state index contributed by atoms with van der Waals surface area (Å²) in [5.74, 6) is -0.771. The average molecular weight is 326 g/mol. The molecule has 0 spiro atoms. The molecule has 1 fully saturated rings. The minimum atomic E-state index is -4.53. The van der Waals surface area contributed by atoms with Gasteiger partial charge in [0.15, 0.2) is 0 Å². The highest BCUT2D eigenvalue weighted by atomic mass is 19.4. The first-order valence-electron chi connectivity index (χ1n) is 7.39. The Kier molecular flexibility index (Phi) is 5.23. The third kappa shape index (κ3) is 4.43. The predicted octanol–water partition coefficient (Wildman–Crippen LogP) is 4.12. The minimum Gasteiger partial charge on any atom is -0.463 e. The maximum atomic E-state index is 13.2. The molecule has 1 saturated carbocycles. The van der Waals surface area contributed by atoms with E-state index in [1.807, 2.05) is 0 Å². The molecule has 1 aromatic rings. The molecular weight excluding hydrogens is 309 g/mol. The van der Waals surface area contributed by atoms with Gasteiger partial charge in [-0.2, -0.15) is 13.2 Å². The summed E-state index contributed by atoms with van der Waals surface area (Å²) in [6.07, 6.45) is -1.18. The second-order valence-corrected chi connectivity index (χ2v) is 5.41. The van der Waals surface area contributed by atoms with Crippen molar-refractivity contribution in [2.24, 2.45) is 0 Å². The Morgan fingerprint density at radius 1 is 1.39 bits per heavy atom. The molecule has 6 heteroatoms. The topological polar surface area (TPSA) is 43.4 Å². The minimum absolute atomic E-state index is 0.0786. The van der Waals surface area contributed by atoms with Crippen LogP contribution in [0.5, 0.6) is 0 Å². The highest BCUT2D eigenvalue weighted by Gasteiger charge is 2.34. The Morgan fingerprint density at radius 3 is 2.70 bits per heavy atom. The third-order valence-corrected chi connectivity index (χ3v) is 3.79. The van der Waals surface area contributed by atoms with E-state index < -0.39 is 17.7 Å². The summed E-state index contributed by atoms with van der Waals surface area (Å²) in [5.41, 5.74) is -0.398. The number of rotatable bonds is 4. The summed E-state index contributed by atoms with van der Waals surface area (Å²) >= 11 is 0. The maximum absolute atomic E-state index is 13.2. The number of ether oxygens (including phenoxy) is 1. The summed E-state index contributed by atoms with van der Waals surface area (Å²) in [7, 11) is 0. The van der Waals surface area contributed by atoms with Gasteiger partial charge in [-0.15, -0.1) is 0 Å². The number of hydrogen-bond acceptors (Lipinski definition) is 3. The number of halogens is 3. The molecule has 23 heavy (non-hydrogen) atoms. The molecule has 0 radical (unpaired) electrons. The van der Waals surface area contributed by atoms with E-state index in [0.717, 1.165) is 18.2 Å². The van der Waals surface area contributed by atoms with Gasteiger partial charge in [-0.25, -0.2) is 4.79 Å². The van der Waals surface area contributed by atoms with E-state index in [4.69, 9.17) is 0 Å². The maximum Gasteiger partial charge on any atom is 0.416 e. The summed E-state index contributed by atoms with van der Waals surface area (Å²) in [5, 5.41) is 0.